The van der Waals surface area contributed by atoms with Crippen LogP contribution >= 0.6 is 0 Å². The summed E-state index contributed by atoms with van der Waals surface area (Å²) in [6, 6.07) is 15.7. The van der Waals surface area contributed by atoms with Crippen LogP contribution in [0.15, 0.2) is 54.6 Å². The van der Waals surface area contributed by atoms with Gasteiger partial charge in [0.25, 0.3) is 0 Å². The fourth-order valence-corrected chi connectivity index (χ4v) is 1.85. The third-order valence-corrected chi connectivity index (χ3v) is 3.18. The van der Waals surface area contributed by atoms with Gasteiger partial charge in [-0.25, -0.2) is 0 Å². The van der Waals surface area contributed by atoms with Gasteiger partial charge in [0.1, 0.15) is 0 Å². The topological polar surface area (TPSA) is 101 Å². The summed E-state index contributed by atoms with van der Waals surface area (Å²) in [5, 5.41) is 16.7. The second-order valence-corrected chi connectivity index (χ2v) is 4.89. The molecule has 23 heavy (non-hydrogen) atoms. The average Bonchev–Trinajstić information content (AvgIpc) is 2.61. The second kappa shape index (κ2) is 9.50. The van der Waals surface area contributed by atoms with Gasteiger partial charge >= 0.3 is 5.97 Å². The molecule has 0 fully saturated rings. The van der Waals surface area contributed by atoms with E-state index in [1.807, 2.05) is 6.07 Å². The number of aliphatic hydroxyl groups is 1. The largest absolute Gasteiger partial charge is 0.481 e. The van der Waals surface area contributed by atoms with Gasteiger partial charge in [-0.2, -0.15) is 0 Å². The normalized spacial score (nSPS) is 11.1. The molecule has 0 amide bonds. The minimum absolute atomic E-state index is 0.0972. The van der Waals surface area contributed by atoms with Crippen molar-refractivity contribution in [1.29, 1.82) is 0 Å². The molecule has 0 saturated carbocycles. The molecule has 4 N–H and O–H groups in total. The maximum absolute atomic E-state index is 12.2. The standard InChI is InChI=1S/C16H14O3.C2H7NO/c1-11(16(18)19)13-8-5-9-14(10-13)15(17)12-6-3-2-4-7-12;3-1-2-4/h2-11H,1H3,(H,18,19);4H,1-3H2/t11-;/m1./s1. The molecule has 0 aliphatic heterocycles. The van der Waals surface area contributed by atoms with Gasteiger partial charge in [0, 0.05) is 17.7 Å². The lowest BCUT2D eigenvalue weighted by Gasteiger charge is -2.08. The molecule has 122 valence electrons. The summed E-state index contributed by atoms with van der Waals surface area (Å²) in [5.41, 5.74) is 6.52. The Morgan fingerprint density at radius 1 is 1.04 bits per heavy atom. The highest BCUT2D eigenvalue weighted by molar-refractivity contribution is 6.09. The number of carboxylic acid groups (broad SMARTS) is 1. The summed E-state index contributed by atoms with van der Waals surface area (Å²) in [7, 11) is 0. The van der Waals surface area contributed by atoms with Crippen molar-refractivity contribution in [3.05, 3.63) is 71.3 Å². The number of aliphatic hydroxyl groups excluding tert-OH is 1. The average molecular weight is 315 g/mol. The molecule has 0 aliphatic rings. The van der Waals surface area contributed by atoms with E-state index in [1.54, 1.807) is 55.5 Å². The number of ketones is 1. The van der Waals surface area contributed by atoms with Crippen molar-refractivity contribution < 1.29 is 19.8 Å². The Hall–Kier alpha value is -2.50. The summed E-state index contributed by atoms with van der Waals surface area (Å²) in [6.07, 6.45) is 0. The van der Waals surface area contributed by atoms with E-state index in [1.165, 1.54) is 0 Å². The maximum Gasteiger partial charge on any atom is 0.310 e. The third-order valence-electron chi connectivity index (χ3n) is 3.18. The van der Waals surface area contributed by atoms with Crippen molar-refractivity contribution in [2.24, 2.45) is 5.73 Å². The van der Waals surface area contributed by atoms with Crippen molar-refractivity contribution in [1.82, 2.24) is 0 Å². The molecule has 2 aromatic rings. The SMILES string of the molecule is C[C@@H](C(=O)O)c1cccc(C(=O)c2ccccc2)c1.NCCO. The van der Waals surface area contributed by atoms with Gasteiger partial charge in [-0.3, -0.25) is 9.59 Å². The molecule has 5 nitrogen and oxygen atoms in total. The zero-order chi connectivity index (χ0) is 17.2. The first-order valence-corrected chi connectivity index (χ1v) is 7.24. The highest BCUT2D eigenvalue weighted by Crippen LogP contribution is 2.18. The highest BCUT2D eigenvalue weighted by Gasteiger charge is 2.16. The predicted octanol–water partition coefficient (Wildman–Crippen LogP) is 2.04. The van der Waals surface area contributed by atoms with Gasteiger partial charge in [-0.05, 0) is 18.6 Å². The quantitative estimate of drug-likeness (QED) is 0.733. The van der Waals surface area contributed by atoms with Crippen LogP contribution in [-0.4, -0.2) is 35.1 Å². The van der Waals surface area contributed by atoms with Crippen LogP contribution in [0, 0.1) is 0 Å². The maximum atomic E-state index is 12.2. The predicted molar refractivity (Wildman–Crippen MR) is 88.5 cm³/mol. The van der Waals surface area contributed by atoms with E-state index in [9.17, 15) is 9.59 Å². The monoisotopic (exact) mass is 315 g/mol. The molecule has 0 saturated heterocycles. The molecule has 2 rings (SSSR count). The van der Waals surface area contributed by atoms with Crippen molar-refractivity contribution in [2.45, 2.75) is 12.8 Å². The fraction of sp³-hybridized carbons (Fsp3) is 0.222. The lowest BCUT2D eigenvalue weighted by atomic mass is 9.96. The van der Waals surface area contributed by atoms with Crippen molar-refractivity contribution >= 4 is 11.8 Å². The van der Waals surface area contributed by atoms with Crippen molar-refractivity contribution in [3.8, 4) is 0 Å². The Morgan fingerprint density at radius 2 is 1.61 bits per heavy atom. The van der Waals surface area contributed by atoms with E-state index in [4.69, 9.17) is 15.9 Å². The first kappa shape index (κ1) is 18.5. The molecule has 2 aromatic carbocycles. The lowest BCUT2D eigenvalue weighted by Crippen LogP contribution is -2.09. The summed E-state index contributed by atoms with van der Waals surface area (Å²) >= 11 is 0. The van der Waals surface area contributed by atoms with Gasteiger partial charge in [0.2, 0.25) is 0 Å². The smallest absolute Gasteiger partial charge is 0.310 e. The Balaban J connectivity index is 0.000000593. The zero-order valence-corrected chi connectivity index (χ0v) is 13.0. The van der Waals surface area contributed by atoms with Crippen LogP contribution in [0.3, 0.4) is 0 Å². The zero-order valence-electron chi connectivity index (χ0n) is 13.0. The van der Waals surface area contributed by atoms with Crippen LogP contribution in [0.5, 0.6) is 0 Å². The number of hydrogen-bond donors (Lipinski definition) is 3. The Labute approximate surface area is 135 Å². The molecule has 0 unspecified atom stereocenters. The molecule has 0 aromatic heterocycles. The fourth-order valence-electron chi connectivity index (χ4n) is 1.85. The van der Waals surface area contributed by atoms with Gasteiger partial charge in [0.05, 0.1) is 12.5 Å². The molecule has 5 heteroatoms. The van der Waals surface area contributed by atoms with Gasteiger partial charge in [-0.15, -0.1) is 0 Å². The van der Waals surface area contributed by atoms with E-state index in [0.717, 1.165) is 0 Å². The molecule has 0 spiro atoms. The van der Waals surface area contributed by atoms with Crippen LogP contribution in [0.2, 0.25) is 0 Å². The Bertz CT molecular complexity index is 638. The third kappa shape index (κ3) is 5.65. The van der Waals surface area contributed by atoms with Crippen LogP contribution in [0.4, 0.5) is 0 Å². The molecular formula is C18H21NO4. The highest BCUT2D eigenvalue weighted by atomic mass is 16.4. The van der Waals surface area contributed by atoms with Crippen molar-refractivity contribution in [2.75, 3.05) is 13.2 Å². The van der Waals surface area contributed by atoms with E-state index in [2.05, 4.69) is 0 Å². The van der Waals surface area contributed by atoms with Crippen molar-refractivity contribution in [3.63, 3.8) is 0 Å². The number of carbonyl (C=O) groups excluding carboxylic acids is 1. The first-order chi connectivity index (χ1) is 11.0. The number of carbonyl (C=O) groups is 2. The van der Waals surface area contributed by atoms with Crippen LogP contribution in [0.1, 0.15) is 34.3 Å². The number of nitrogens with two attached hydrogens (primary N) is 1. The molecule has 0 aliphatic carbocycles. The summed E-state index contributed by atoms with van der Waals surface area (Å²) in [6.45, 7) is 2.08. The van der Waals surface area contributed by atoms with Gasteiger partial charge < -0.3 is 15.9 Å². The number of rotatable bonds is 5. The molecular weight excluding hydrogens is 294 g/mol. The van der Waals surface area contributed by atoms with Gasteiger partial charge in [0.15, 0.2) is 5.78 Å². The Morgan fingerprint density at radius 3 is 2.13 bits per heavy atom. The number of aliphatic carboxylic acids is 1. The lowest BCUT2D eigenvalue weighted by molar-refractivity contribution is -0.138. The van der Waals surface area contributed by atoms with E-state index >= 15 is 0 Å². The Kier molecular flexibility index (Phi) is 7.66. The van der Waals surface area contributed by atoms with Crippen LogP contribution in [0.25, 0.3) is 0 Å². The molecule has 0 radical (unpaired) electrons. The first-order valence-electron chi connectivity index (χ1n) is 7.24. The minimum atomic E-state index is -0.899. The van der Waals surface area contributed by atoms with E-state index in [0.29, 0.717) is 23.2 Å². The van der Waals surface area contributed by atoms with E-state index < -0.39 is 11.9 Å². The number of benzene rings is 2. The second-order valence-electron chi connectivity index (χ2n) is 4.89. The summed E-state index contributed by atoms with van der Waals surface area (Å²) in [4.78, 5) is 23.2. The molecule has 1 atom stereocenters. The van der Waals surface area contributed by atoms with Crippen LogP contribution in [-0.2, 0) is 4.79 Å². The minimum Gasteiger partial charge on any atom is -0.481 e. The summed E-state index contributed by atoms with van der Waals surface area (Å²) in [5.74, 6) is -1.62. The number of carboxylic acids is 1. The summed E-state index contributed by atoms with van der Waals surface area (Å²) < 4.78 is 0. The number of hydrogen-bond acceptors (Lipinski definition) is 4. The molecule has 0 bridgehead atoms. The molecule has 0 heterocycles. The van der Waals surface area contributed by atoms with E-state index in [-0.39, 0.29) is 12.4 Å². The van der Waals surface area contributed by atoms with Gasteiger partial charge in [-0.1, -0.05) is 48.5 Å². The van der Waals surface area contributed by atoms with Crippen LogP contribution < -0.4 is 5.73 Å².